The third-order valence-corrected chi connectivity index (χ3v) is 2.90. The van der Waals surface area contributed by atoms with Crippen LogP contribution in [0.5, 0.6) is 0 Å². The van der Waals surface area contributed by atoms with E-state index < -0.39 is 0 Å². The van der Waals surface area contributed by atoms with Gasteiger partial charge in [-0.1, -0.05) is 6.07 Å². The van der Waals surface area contributed by atoms with E-state index in [1.54, 1.807) is 0 Å². The summed E-state index contributed by atoms with van der Waals surface area (Å²) in [4.78, 5) is 3.20. The van der Waals surface area contributed by atoms with Crippen LogP contribution in [0.1, 0.15) is 11.6 Å². The average molecular weight is 239 g/mol. The van der Waals surface area contributed by atoms with Gasteiger partial charge in [-0.25, -0.2) is 0 Å². The number of hydrogen-bond donors (Lipinski definition) is 2. The number of rotatable bonds is 1. The minimum absolute atomic E-state index is 0. The van der Waals surface area contributed by atoms with Crippen molar-refractivity contribution in [1.82, 2.24) is 10.3 Å². The number of H-pyrrole nitrogens is 1. The van der Waals surface area contributed by atoms with Crippen LogP contribution in [0.25, 0.3) is 10.9 Å². The fourth-order valence-electron chi connectivity index (χ4n) is 2.07. The van der Waals surface area contributed by atoms with Gasteiger partial charge in [0, 0.05) is 18.3 Å². The smallest absolute Gasteiger partial charge is 0.0662 e. The second kappa shape index (κ2) is 4.87. The first kappa shape index (κ1) is 11.5. The summed E-state index contributed by atoms with van der Waals surface area (Å²) < 4.78 is 5.46. The standard InChI is InChI=1S/C12H14N2O.ClH/c1-2-11-10(3-4-13-11)7-9(1)12-8-15-6-5-14-12;/h1-4,7,12-14H,5-6,8H2;1H/t12-;/m1./s1. The molecule has 0 unspecified atom stereocenters. The van der Waals surface area contributed by atoms with Crippen LogP contribution in [0.4, 0.5) is 0 Å². The van der Waals surface area contributed by atoms with Crippen molar-refractivity contribution in [2.75, 3.05) is 19.8 Å². The van der Waals surface area contributed by atoms with Crippen molar-refractivity contribution in [3.05, 3.63) is 36.0 Å². The van der Waals surface area contributed by atoms with Gasteiger partial charge in [0.15, 0.2) is 0 Å². The van der Waals surface area contributed by atoms with E-state index in [0.29, 0.717) is 6.04 Å². The Morgan fingerprint density at radius 3 is 3.00 bits per heavy atom. The Balaban J connectivity index is 0.000000963. The van der Waals surface area contributed by atoms with Crippen molar-refractivity contribution in [3.63, 3.8) is 0 Å². The predicted molar refractivity (Wildman–Crippen MR) is 67.1 cm³/mol. The van der Waals surface area contributed by atoms with E-state index >= 15 is 0 Å². The van der Waals surface area contributed by atoms with E-state index in [0.717, 1.165) is 19.8 Å². The molecule has 0 radical (unpaired) electrons. The summed E-state index contributed by atoms with van der Waals surface area (Å²) in [7, 11) is 0. The van der Waals surface area contributed by atoms with Crippen LogP contribution in [0, 0.1) is 0 Å². The van der Waals surface area contributed by atoms with Gasteiger partial charge in [0.05, 0.1) is 19.3 Å². The van der Waals surface area contributed by atoms with Gasteiger partial charge in [-0.3, -0.25) is 0 Å². The maximum Gasteiger partial charge on any atom is 0.0662 e. The molecule has 2 N–H and O–H groups in total. The Kier molecular flexibility index (Phi) is 3.49. The molecule has 16 heavy (non-hydrogen) atoms. The Morgan fingerprint density at radius 1 is 1.25 bits per heavy atom. The SMILES string of the molecule is Cl.c1cc2cc([C@H]3COCCN3)ccc2[nH]1. The summed E-state index contributed by atoms with van der Waals surface area (Å²) in [5, 5.41) is 4.72. The number of nitrogens with one attached hydrogen (secondary N) is 2. The summed E-state index contributed by atoms with van der Waals surface area (Å²) >= 11 is 0. The van der Waals surface area contributed by atoms with Gasteiger partial charge in [-0.15, -0.1) is 12.4 Å². The highest BCUT2D eigenvalue weighted by Gasteiger charge is 2.15. The molecule has 86 valence electrons. The molecule has 4 heteroatoms. The van der Waals surface area contributed by atoms with Gasteiger partial charge in [0.1, 0.15) is 0 Å². The van der Waals surface area contributed by atoms with Crippen molar-refractivity contribution in [2.45, 2.75) is 6.04 Å². The third kappa shape index (κ3) is 2.07. The lowest BCUT2D eigenvalue weighted by molar-refractivity contribution is 0.0769. The Labute approximate surface area is 101 Å². The molecular weight excluding hydrogens is 224 g/mol. The van der Waals surface area contributed by atoms with E-state index in [4.69, 9.17) is 4.74 Å². The molecule has 0 aliphatic carbocycles. The van der Waals surface area contributed by atoms with Gasteiger partial charge >= 0.3 is 0 Å². The first-order valence-electron chi connectivity index (χ1n) is 5.32. The molecule has 1 atom stereocenters. The van der Waals surface area contributed by atoms with Crippen LogP contribution in [-0.4, -0.2) is 24.7 Å². The fraction of sp³-hybridized carbons (Fsp3) is 0.333. The maximum atomic E-state index is 5.46. The molecule has 3 rings (SSSR count). The molecule has 0 spiro atoms. The molecule has 1 aliphatic rings. The van der Waals surface area contributed by atoms with Crippen molar-refractivity contribution < 1.29 is 4.74 Å². The number of hydrogen-bond acceptors (Lipinski definition) is 2. The van der Waals surface area contributed by atoms with Gasteiger partial charge in [0.2, 0.25) is 0 Å². The van der Waals surface area contributed by atoms with Gasteiger partial charge in [-0.2, -0.15) is 0 Å². The third-order valence-electron chi connectivity index (χ3n) is 2.90. The predicted octanol–water partition coefficient (Wildman–Crippen LogP) is 2.25. The Hall–Kier alpha value is -1.03. The van der Waals surface area contributed by atoms with Crippen LogP contribution in [0.15, 0.2) is 30.5 Å². The van der Waals surface area contributed by atoms with Crippen molar-refractivity contribution in [3.8, 4) is 0 Å². The molecule has 1 saturated heterocycles. The molecule has 0 amide bonds. The summed E-state index contributed by atoms with van der Waals surface area (Å²) in [5.41, 5.74) is 2.50. The van der Waals surface area contributed by atoms with Gasteiger partial charge in [-0.05, 0) is 29.1 Å². The molecule has 1 aromatic carbocycles. The van der Waals surface area contributed by atoms with E-state index in [-0.39, 0.29) is 12.4 Å². The monoisotopic (exact) mass is 238 g/mol. The molecule has 0 bridgehead atoms. The largest absolute Gasteiger partial charge is 0.378 e. The highest BCUT2D eigenvalue weighted by atomic mass is 35.5. The van der Waals surface area contributed by atoms with Crippen LogP contribution in [-0.2, 0) is 4.74 Å². The van der Waals surface area contributed by atoms with E-state index in [1.807, 2.05) is 6.20 Å². The number of fused-ring (bicyclic) bond motifs is 1. The van der Waals surface area contributed by atoms with Crippen molar-refractivity contribution in [2.24, 2.45) is 0 Å². The molecule has 0 saturated carbocycles. The quantitative estimate of drug-likeness (QED) is 0.800. The Morgan fingerprint density at radius 2 is 2.19 bits per heavy atom. The lowest BCUT2D eigenvalue weighted by Gasteiger charge is -2.24. The van der Waals surface area contributed by atoms with Crippen molar-refractivity contribution in [1.29, 1.82) is 0 Å². The van der Waals surface area contributed by atoms with Gasteiger partial charge in [0.25, 0.3) is 0 Å². The second-order valence-electron chi connectivity index (χ2n) is 3.91. The van der Waals surface area contributed by atoms with Crippen LogP contribution in [0.3, 0.4) is 0 Å². The minimum Gasteiger partial charge on any atom is -0.378 e. The average Bonchev–Trinajstić information content (AvgIpc) is 2.77. The molecule has 1 aromatic heterocycles. The number of halogens is 1. The van der Waals surface area contributed by atoms with Gasteiger partial charge < -0.3 is 15.0 Å². The molecule has 2 heterocycles. The maximum absolute atomic E-state index is 5.46. The molecule has 3 nitrogen and oxygen atoms in total. The highest BCUT2D eigenvalue weighted by molar-refractivity contribution is 5.85. The summed E-state index contributed by atoms with van der Waals surface area (Å²) in [6.07, 6.45) is 1.97. The lowest BCUT2D eigenvalue weighted by Crippen LogP contribution is -2.34. The highest BCUT2D eigenvalue weighted by Crippen LogP contribution is 2.20. The molecule has 1 fully saturated rings. The van der Waals surface area contributed by atoms with E-state index in [1.165, 1.54) is 16.5 Å². The number of ether oxygens (including phenoxy) is 1. The summed E-state index contributed by atoms with van der Waals surface area (Å²) in [6.45, 7) is 2.54. The van der Waals surface area contributed by atoms with E-state index in [2.05, 4.69) is 34.6 Å². The zero-order valence-corrected chi connectivity index (χ0v) is 9.72. The minimum atomic E-state index is 0. The summed E-state index contributed by atoms with van der Waals surface area (Å²) in [5.74, 6) is 0. The Bertz CT molecular complexity index is 463. The lowest BCUT2D eigenvalue weighted by atomic mass is 10.1. The first-order chi connectivity index (χ1) is 7.43. The first-order valence-corrected chi connectivity index (χ1v) is 5.32. The van der Waals surface area contributed by atoms with Crippen LogP contribution in [0.2, 0.25) is 0 Å². The number of aromatic nitrogens is 1. The molecule has 2 aromatic rings. The van der Waals surface area contributed by atoms with Crippen molar-refractivity contribution >= 4 is 23.3 Å². The number of aromatic amines is 1. The fourth-order valence-corrected chi connectivity index (χ4v) is 2.07. The van der Waals surface area contributed by atoms with E-state index in [9.17, 15) is 0 Å². The van der Waals surface area contributed by atoms with Crippen LogP contribution < -0.4 is 5.32 Å². The number of benzene rings is 1. The van der Waals surface area contributed by atoms with Crippen LogP contribution >= 0.6 is 12.4 Å². The second-order valence-corrected chi connectivity index (χ2v) is 3.91. The number of morpholine rings is 1. The molecular formula is C12H15ClN2O. The summed E-state index contributed by atoms with van der Waals surface area (Å²) in [6, 6.07) is 8.95. The molecule has 1 aliphatic heterocycles. The topological polar surface area (TPSA) is 37.0 Å². The zero-order chi connectivity index (χ0) is 10.1. The normalized spacial score (nSPS) is 20.6. The zero-order valence-electron chi connectivity index (χ0n) is 8.90.